The molecule has 5 heteroatoms. The summed E-state index contributed by atoms with van der Waals surface area (Å²) >= 11 is 0. The second kappa shape index (κ2) is 5.61. The predicted molar refractivity (Wildman–Crippen MR) is 74.6 cm³/mol. The lowest BCUT2D eigenvalue weighted by Gasteiger charge is -2.15. The van der Waals surface area contributed by atoms with Gasteiger partial charge in [-0.05, 0) is 23.8 Å². The van der Waals surface area contributed by atoms with Gasteiger partial charge in [0.2, 0.25) is 0 Å². The minimum atomic E-state index is -0.834. The molecule has 2 aromatic rings. The maximum atomic E-state index is 12.0. The molecule has 0 radical (unpaired) electrons. The van der Waals surface area contributed by atoms with Crippen molar-refractivity contribution in [3.63, 3.8) is 0 Å². The molecular weight excluding hydrogens is 258 g/mol. The summed E-state index contributed by atoms with van der Waals surface area (Å²) in [5, 5.41) is 1.58. The summed E-state index contributed by atoms with van der Waals surface area (Å²) < 4.78 is 10.3. The van der Waals surface area contributed by atoms with E-state index in [2.05, 4.69) is 0 Å². The van der Waals surface area contributed by atoms with Crippen molar-refractivity contribution in [2.24, 2.45) is 5.73 Å². The molecule has 0 spiro atoms. The number of carbonyl (C=O) groups is 2. The van der Waals surface area contributed by atoms with Gasteiger partial charge in [0.1, 0.15) is 11.3 Å². The number of nitrogens with two attached hydrogens (primary N) is 1. The number of methoxy groups -OCH3 is 1. The smallest absolute Gasteiger partial charge is 0.342 e. The van der Waals surface area contributed by atoms with Crippen LogP contribution in [0.5, 0.6) is 5.75 Å². The van der Waals surface area contributed by atoms with E-state index in [1.165, 1.54) is 14.0 Å². The molecule has 0 saturated heterocycles. The number of fused-ring (bicyclic) bond motifs is 1. The molecule has 5 nitrogen and oxygen atoms in total. The minimum Gasteiger partial charge on any atom is -0.480 e. The zero-order valence-corrected chi connectivity index (χ0v) is 11.3. The largest absolute Gasteiger partial charge is 0.480 e. The van der Waals surface area contributed by atoms with E-state index in [1.54, 1.807) is 12.1 Å². The van der Waals surface area contributed by atoms with Gasteiger partial charge in [-0.15, -0.1) is 0 Å². The van der Waals surface area contributed by atoms with Gasteiger partial charge in [0.25, 0.3) is 5.91 Å². The molecule has 0 saturated carbocycles. The number of esters is 1. The zero-order valence-electron chi connectivity index (χ0n) is 11.3. The van der Waals surface area contributed by atoms with Gasteiger partial charge in [-0.2, -0.15) is 0 Å². The second-order valence-electron chi connectivity index (χ2n) is 4.31. The Labute approximate surface area is 116 Å². The van der Waals surface area contributed by atoms with E-state index in [4.69, 9.17) is 15.2 Å². The summed E-state index contributed by atoms with van der Waals surface area (Å²) in [6.45, 7) is 1.53. The number of benzene rings is 2. The molecule has 1 unspecified atom stereocenters. The molecule has 104 valence electrons. The third kappa shape index (κ3) is 2.56. The zero-order chi connectivity index (χ0) is 14.7. The van der Waals surface area contributed by atoms with E-state index in [0.717, 1.165) is 5.39 Å². The van der Waals surface area contributed by atoms with Crippen molar-refractivity contribution >= 4 is 22.6 Å². The fraction of sp³-hybridized carbons (Fsp3) is 0.200. The first kappa shape index (κ1) is 13.9. The Morgan fingerprint density at radius 1 is 1.15 bits per heavy atom. The summed E-state index contributed by atoms with van der Waals surface area (Å²) in [4.78, 5) is 23.1. The van der Waals surface area contributed by atoms with Gasteiger partial charge >= 0.3 is 5.97 Å². The summed E-state index contributed by atoms with van der Waals surface area (Å²) in [5.41, 5.74) is 5.47. The van der Waals surface area contributed by atoms with Gasteiger partial charge in [-0.1, -0.05) is 30.3 Å². The van der Waals surface area contributed by atoms with Crippen LogP contribution >= 0.6 is 0 Å². The van der Waals surface area contributed by atoms with Crippen molar-refractivity contribution < 1.29 is 19.1 Å². The van der Waals surface area contributed by atoms with Crippen molar-refractivity contribution in [1.82, 2.24) is 0 Å². The Kier molecular flexibility index (Phi) is 3.89. The Bertz CT molecular complexity index is 666. The number of ether oxygens (including phenoxy) is 2. The first-order chi connectivity index (χ1) is 9.54. The molecule has 0 aliphatic rings. The normalized spacial score (nSPS) is 11.9. The summed E-state index contributed by atoms with van der Waals surface area (Å²) in [6, 6.07) is 10.8. The Balaban J connectivity index is 2.59. The summed E-state index contributed by atoms with van der Waals surface area (Å²) in [7, 11) is 1.30. The Morgan fingerprint density at radius 2 is 1.85 bits per heavy atom. The van der Waals surface area contributed by atoms with E-state index in [1.807, 2.05) is 24.3 Å². The van der Waals surface area contributed by atoms with E-state index >= 15 is 0 Å². The topological polar surface area (TPSA) is 78.6 Å². The molecule has 20 heavy (non-hydrogen) atoms. The molecule has 2 N–H and O–H groups in total. The summed E-state index contributed by atoms with van der Waals surface area (Å²) in [6.07, 6.45) is -0.834. The van der Waals surface area contributed by atoms with Gasteiger partial charge in [-0.3, -0.25) is 4.79 Å². The lowest BCUT2D eigenvalue weighted by atomic mass is 10.0. The lowest BCUT2D eigenvalue weighted by molar-refractivity contribution is -0.124. The molecule has 0 aliphatic heterocycles. The van der Waals surface area contributed by atoms with Gasteiger partial charge < -0.3 is 15.2 Å². The first-order valence-corrected chi connectivity index (χ1v) is 6.10. The predicted octanol–water partition coefficient (Wildman–Crippen LogP) is 1.88. The molecule has 0 aliphatic carbocycles. The number of primary amides is 1. The third-order valence-electron chi connectivity index (χ3n) is 2.98. The molecule has 0 heterocycles. The van der Waals surface area contributed by atoms with Crippen LogP contribution < -0.4 is 10.5 Å². The average Bonchev–Trinajstić information content (AvgIpc) is 2.46. The quantitative estimate of drug-likeness (QED) is 0.863. The molecule has 2 rings (SSSR count). The second-order valence-corrected chi connectivity index (χ2v) is 4.31. The molecule has 1 amide bonds. The first-order valence-electron chi connectivity index (χ1n) is 6.10. The van der Waals surface area contributed by atoms with Crippen molar-refractivity contribution in [2.75, 3.05) is 7.11 Å². The number of carbonyl (C=O) groups excluding carboxylic acids is 2. The van der Waals surface area contributed by atoms with Gasteiger partial charge in [0.05, 0.1) is 7.11 Å². The van der Waals surface area contributed by atoms with Crippen molar-refractivity contribution in [2.45, 2.75) is 13.0 Å². The van der Waals surface area contributed by atoms with Crippen LogP contribution in [0, 0.1) is 0 Å². The van der Waals surface area contributed by atoms with E-state index in [9.17, 15) is 9.59 Å². The maximum absolute atomic E-state index is 12.0. The average molecular weight is 273 g/mol. The van der Waals surface area contributed by atoms with Gasteiger partial charge in [-0.25, -0.2) is 4.79 Å². The molecular formula is C15H15NO4. The highest BCUT2D eigenvalue weighted by molar-refractivity contribution is 6.07. The van der Waals surface area contributed by atoms with E-state index in [0.29, 0.717) is 10.9 Å². The van der Waals surface area contributed by atoms with Crippen LogP contribution in [-0.4, -0.2) is 25.1 Å². The molecule has 1 atom stereocenters. The standard InChI is InChI=1S/C15H15NO4/c1-9(14(16)17)20-12-8-7-10-5-3-4-6-11(10)13(12)15(18)19-2/h3-9H,1-2H3,(H2,16,17). The SMILES string of the molecule is COC(=O)c1c(OC(C)C(N)=O)ccc2ccccc12. The van der Waals surface area contributed by atoms with Crippen molar-refractivity contribution in [3.8, 4) is 5.75 Å². The third-order valence-corrected chi connectivity index (χ3v) is 2.98. The van der Waals surface area contributed by atoms with E-state index in [-0.39, 0.29) is 5.75 Å². The molecule has 2 aromatic carbocycles. The lowest BCUT2D eigenvalue weighted by Crippen LogP contribution is -2.31. The van der Waals surface area contributed by atoms with Crippen LogP contribution in [0.25, 0.3) is 10.8 Å². The Morgan fingerprint density at radius 3 is 2.50 bits per heavy atom. The van der Waals surface area contributed by atoms with Crippen molar-refractivity contribution in [3.05, 3.63) is 42.0 Å². The van der Waals surface area contributed by atoms with Crippen LogP contribution in [-0.2, 0) is 9.53 Å². The van der Waals surface area contributed by atoms with Crippen LogP contribution in [0.2, 0.25) is 0 Å². The Hall–Kier alpha value is -2.56. The van der Waals surface area contributed by atoms with Crippen LogP contribution in [0.15, 0.2) is 36.4 Å². The molecule has 0 aromatic heterocycles. The van der Waals surface area contributed by atoms with E-state index < -0.39 is 18.0 Å². The minimum absolute atomic E-state index is 0.279. The highest BCUT2D eigenvalue weighted by atomic mass is 16.5. The molecule has 0 bridgehead atoms. The highest BCUT2D eigenvalue weighted by Crippen LogP contribution is 2.29. The fourth-order valence-corrected chi connectivity index (χ4v) is 1.91. The molecule has 0 fully saturated rings. The van der Waals surface area contributed by atoms with Crippen molar-refractivity contribution in [1.29, 1.82) is 0 Å². The van der Waals surface area contributed by atoms with Crippen LogP contribution in [0.3, 0.4) is 0 Å². The van der Waals surface area contributed by atoms with Gasteiger partial charge in [0, 0.05) is 0 Å². The van der Waals surface area contributed by atoms with Crippen LogP contribution in [0.4, 0.5) is 0 Å². The van der Waals surface area contributed by atoms with Crippen LogP contribution in [0.1, 0.15) is 17.3 Å². The summed E-state index contributed by atoms with van der Waals surface area (Å²) in [5.74, 6) is -0.843. The number of amides is 1. The number of rotatable bonds is 4. The fourth-order valence-electron chi connectivity index (χ4n) is 1.91. The van der Waals surface area contributed by atoms with Gasteiger partial charge in [0.15, 0.2) is 6.10 Å². The number of hydrogen-bond acceptors (Lipinski definition) is 4. The number of hydrogen-bond donors (Lipinski definition) is 1. The maximum Gasteiger partial charge on any atom is 0.342 e. The highest BCUT2D eigenvalue weighted by Gasteiger charge is 2.20. The monoisotopic (exact) mass is 273 g/mol.